The van der Waals surface area contributed by atoms with Gasteiger partial charge in [0, 0.05) is 19.7 Å². The molecule has 1 aliphatic heterocycles. The van der Waals surface area contributed by atoms with Crippen molar-refractivity contribution in [3.05, 3.63) is 18.0 Å². The lowest BCUT2D eigenvalue weighted by molar-refractivity contribution is -0.141. The van der Waals surface area contributed by atoms with Gasteiger partial charge in [-0.3, -0.25) is 14.3 Å². The Morgan fingerprint density at radius 3 is 2.60 bits per heavy atom. The van der Waals surface area contributed by atoms with E-state index in [1.54, 1.807) is 0 Å². The molecule has 6 heteroatoms. The second-order valence-corrected chi connectivity index (χ2v) is 7.64. The summed E-state index contributed by atoms with van der Waals surface area (Å²) in [5.41, 5.74) is 1.13. The minimum Gasteiger partial charge on any atom is -0.344 e. The number of carbonyl (C=O) groups is 2. The number of piperidine rings is 1. The number of nitrogens with one attached hydrogen (secondary N) is 1. The lowest BCUT2D eigenvalue weighted by atomic mass is 9.94. The van der Waals surface area contributed by atoms with E-state index in [1.807, 2.05) is 28.9 Å². The molecule has 138 valence electrons. The maximum absolute atomic E-state index is 13.3. The molecule has 2 fully saturated rings. The van der Waals surface area contributed by atoms with E-state index >= 15 is 0 Å². The van der Waals surface area contributed by atoms with Crippen molar-refractivity contribution in [2.75, 3.05) is 6.54 Å². The summed E-state index contributed by atoms with van der Waals surface area (Å²) in [6, 6.07) is -0.196. The number of likely N-dealkylation sites (tertiary alicyclic amines) is 1. The van der Waals surface area contributed by atoms with Gasteiger partial charge >= 0.3 is 0 Å². The summed E-state index contributed by atoms with van der Waals surface area (Å²) in [5, 5.41) is 7.34. The molecule has 25 heavy (non-hydrogen) atoms. The van der Waals surface area contributed by atoms with Crippen LogP contribution in [0.15, 0.2) is 12.4 Å². The van der Waals surface area contributed by atoms with Gasteiger partial charge in [-0.1, -0.05) is 12.8 Å². The van der Waals surface area contributed by atoms with Gasteiger partial charge < -0.3 is 10.2 Å². The fourth-order valence-electron chi connectivity index (χ4n) is 4.33. The van der Waals surface area contributed by atoms with E-state index in [1.165, 1.54) is 6.92 Å². The van der Waals surface area contributed by atoms with Gasteiger partial charge in [0.1, 0.15) is 6.04 Å². The van der Waals surface area contributed by atoms with Crippen LogP contribution in [-0.4, -0.2) is 45.1 Å². The van der Waals surface area contributed by atoms with Gasteiger partial charge in [0.15, 0.2) is 0 Å². The quantitative estimate of drug-likeness (QED) is 0.889. The number of aromatic nitrogens is 2. The first-order chi connectivity index (χ1) is 12.0. The van der Waals surface area contributed by atoms with Gasteiger partial charge in [-0.2, -0.15) is 5.10 Å². The molecule has 0 spiro atoms. The SMILES string of the molecule is CC(=O)N[C@@H](C(=O)N1CCCC[C@@H]1Cn1cc(C)cn1)C1CCCC1. The van der Waals surface area contributed by atoms with Gasteiger partial charge in [0.05, 0.1) is 18.8 Å². The molecule has 0 radical (unpaired) electrons. The highest BCUT2D eigenvalue weighted by atomic mass is 16.2. The van der Waals surface area contributed by atoms with Gasteiger partial charge in [-0.15, -0.1) is 0 Å². The Morgan fingerprint density at radius 1 is 1.24 bits per heavy atom. The Hall–Kier alpha value is -1.85. The maximum atomic E-state index is 13.3. The third kappa shape index (κ3) is 4.41. The van der Waals surface area contributed by atoms with Gasteiger partial charge in [-0.05, 0) is 50.5 Å². The Balaban J connectivity index is 1.74. The summed E-state index contributed by atoms with van der Waals surface area (Å²) in [7, 11) is 0. The van der Waals surface area contributed by atoms with Crippen LogP contribution in [0.3, 0.4) is 0 Å². The number of nitrogens with zero attached hydrogens (tertiary/aromatic N) is 3. The number of carbonyl (C=O) groups excluding carboxylic acids is 2. The molecule has 3 rings (SSSR count). The third-order valence-electron chi connectivity index (χ3n) is 5.57. The standard InChI is InChI=1S/C19H30N4O2/c1-14-11-20-22(12-14)13-17-9-5-6-10-23(17)19(25)18(21-15(2)24)16-7-3-4-8-16/h11-12,16-18H,3-10,13H2,1-2H3,(H,21,24)/t17-,18-/m1/s1. The Bertz CT molecular complexity index is 606. The Morgan fingerprint density at radius 2 is 1.96 bits per heavy atom. The number of rotatable bonds is 5. The van der Waals surface area contributed by atoms with Crippen molar-refractivity contribution in [3.8, 4) is 0 Å². The monoisotopic (exact) mass is 346 g/mol. The lowest BCUT2D eigenvalue weighted by Crippen LogP contribution is -2.56. The molecule has 2 atom stereocenters. The average molecular weight is 346 g/mol. The van der Waals surface area contributed by atoms with Crippen LogP contribution < -0.4 is 5.32 Å². The number of amides is 2. The van der Waals surface area contributed by atoms with Gasteiger partial charge in [0.25, 0.3) is 0 Å². The van der Waals surface area contributed by atoms with Crippen LogP contribution in [0.2, 0.25) is 0 Å². The molecule has 1 aliphatic carbocycles. The highest BCUT2D eigenvalue weighted by Crippen LogP contribution is 2.30. The molecule has 0 bridgehead atoms. The summed E-state index contributed by atoms with van der Waals surface area (Å²) in [4.78, 5) is 27.0. The normalized spacial score (nSPS) is 22.8. The minimum absolute atomic E-state index is 0.107. The van der Waals surface area contributed by atoms with Gasteiger partial charge in [-0.25, -0.2) is 0 Å². The van der Waals surface area contributed by atoms with Crippen LogP contribution in [0.4, 0.5) is 0 Å². The fraction of sp³-hybridized carbons (Fsp3) is 0.737. The number of hydrogen-bond acceptors (Lipinski definition) is 3. The Labute approximate surface area is 149 Å². The zero-order valence-electron chi connectivity index (χ0n) is 15.4. The first kappa shape index (κ1) is 18.0. The van der Waals surface area contributed by atoms with Crippen LogP contribution in [0.25, 0.3) is 0 Å². The van der Waals surface area contributed by atoms with Crippen molar-refractivity contribution in [3.63, 3.8) is 0 Å². The molecule has 1 saturated carbocycles. The van der Waals surface area contributed by atoms with Crippen LogP contribution in [0.1, 0.15) is 57.4 Å². The maximum Gasteiger partial charge on any atom is 0.245 e. The highest BCUT2D eigenvalue weighted by molar-refractivity contribution is 5.87. The predicted molar refractivity (Wildman–Crippen MR) is 95.9 cm³/mol. The van der Waals surface area contributed by atoms with Crippen molar-refractivity contribution in [2.24, 2.45) is 5.92 Å². The molecule has 2 amide bonds. The van der Waals surface area contributed by atoms with Crippen molar-refractivity contribution in [1.29, 1.82) is 0 Å². The van der Waals surface area contributed by atoms with Crippen LogP contribution >= 0.6 is 0 Å². The minimum atomic E-state index is -0.361. The van der Waals surface area contributed by atoms with E-state index in [2.05, 4.69) is 10.4 Å². The summed E-state index contributed by atoms with van der Waals surface area (Å²) in [6.45, 7) is 5.05. The topological polar surface area (TPSA) is 67.2 Å². The second kappa shape index (κ2) is 8.02. The summed E-state index contributed by atoms with van der Waals surface area (Å²) in [6.07, 6.45) is 11.4. The van der Waals surface area contributed by atoms with Gasteiger partial charge in [0.2, 0.25) is 11.8 Å². The van der Waals surface area contributed by atoms with E-state index in [-0.39, 0.29) is 29.8 Å². The molecular weight excluding hydrogens is 316 g/mol. The van der Waals surface area contributed by atoms with Crippen molar-refractivity contribution in [2.45, 2.75) is 77.4 Å². The molecule has 1 aromatic rings. The summed E-state index contributed by atoms with van der Waals surface area (Å²) >= 11 is 0. The van der Waals surface area contributed by atoms with Crippen LogP contribution in [0, 0.1) is 12.8 Å². The van der Waals surface area contributed by atoms with E-state index in [9.17, 15) is 9.59 Å². The molecule has 2 aliphatic rings. The second-order valence-electron chi connectivity index (χ2n) is 7.64. The molecule has 1 saturated heterocycles. The molecule has 6 nitrogen and oxygen atoms in total. The van der Waals surface area contributed by atoms with E-state index < -0.39 is 0 Å². The molecule has 0 aromatic carbocycles. The summed E-state index contributed by atoms with van der Waals surface area (Å²) < 4.78 is 1.94. The van der Waals surface area contributed by atoms with Crippen molar-refractivity contribution in [1.82, 2.24) is 20.0 Å². The van der Waals surface area contributed by atoms with Crippen LogP contribution in [0.5, 0.6) is 0 Å². The molecule has 2 heterocycles. The third-order valence-corrected chi connectivity index (χ3v) is 5.57. The molecular formula is C19H30N4O2. The molecule has 0 unspecified atom stereocenters. The van der Waals surface area contributed by atoms with Crippen molar-refractivity contribution < 1.29 is 9.59 Å². The first-order valence-corrected chi connectivity index (χ1v) is 9.61. The highest BCUT2D eigenvalue weighted by Gasteiger charge is 2.37. The zero-order chi connectivity index (χ0) is 17.8. The predicted octanol–water partition coefficient (Wildman–Crippen LogP) is 2.27. The zero-order valence-corrected chi connectivity index (χ0v) is 15.4. The smallest absolute Gasteiger partial charge is 0.245 e. The van der Waals surface area contributed by atoms with E-state index in [4.69, 9.17) is 0 Å². The summed E-state index contributed by atoms with van der Waals surface area (Å²) in [5.74, 6) is 0.281. The fourth-order valence-corrected chi connectivity index (χ4v) is 4.33. The average Bonchev–Trinajstić information content (AvgIpc) is 3.24. The number of hydrogen-bond donors (Lipinski definition) is 1. The first-order valence-electron chi connectivity index (χ1n) is 9.61. The van der Waals surface area contributed by atoms with Crippen LogP contribution in [-0.2, 0) is 16.1 Å². The van der Waals surface area contributed by atoms with E-state index in [0.29, 0.717) is 0 Å². The largest absolute Gasteiger partial charge is 0.344 e. The van der Waals surface area contributed by atoms with E-state index in [0.717, 1.165) is 63.6 Å². The number of aryl methyl sites for hydroxylation is 1. The Kier molecular flexibility index (Phi) is 5.76. The molecule has 1 aromatic heterocycles. The lowest BCUT2D eigenvalue weighted by Gasteiger charge is -2.39. The molecule has 1 N–H and O–H groups in total. The van der Waals surface area contributed by atoms with Crippen molar-refractivity contribution >= 4 is 11.8 Å².